The molecule has 7 heteroatoms. The van der Waals surface area contributed by atoms with Crippen LogP contribution in [0.1, 0.15) is 26.7 Å². The Morgan fingerprint density at radius 1 is 1.30 bits per heavy atom. The fourth-order valence-electron chi connectivity index (χ4n) is 2.23. The van der Waals surface area contributed by atoms with Gasteiger partial charge in [-0.15, -0.1) is 0 Å². The maximum absolute atomic E-state index is 12.1. The average Bonchev–Trinajstić information content (AvgIpc) is 2.82. The quantitative estimate of drug-likeness (QED) is 0.580. The molecule has 0 aromatic carbocycles. The molecular formula is C13H25F3N4. The van der Waals surface area contributed by atoms with Gasteiger partial charge in [-0.2, -0.15) is 13.2 Å². The fraction of sp³-hybridized carbons (Fsp3) is 0.923. The summed E-state index contributed by atoms with van der Waals surface area (Å²) in [6.07, 6.45) is -3.86. The Balaban J connectivity index is 2.35. The van der Waals surface area contributed by atoms with Gasteiger partial charge in [-0.25, -0.2) is 0 Å². The first-order chi connectivity index (χ1) is 9.44. The molecule has 1 fully saturated rings. The summed E-state index contributed by atoms with van der Waals surface area (Å²) in [6.45, 7) is 8.37. The Hall–Kier alpha value is -0.980. The van der Waals surface area contributed by atoms with Crippen LogP contribution in [0.3, 0.4) is 0 Å². The molecule has 1 aliphatic heterocycles. The van der Waals surface area contributed by atoms with E-state index in [1.165, 1.54) is 0 Å². The fourth-order valence-corrected chi connectivity index (χ4v) is 2.23. The lowest BCUT2D eigenvalue weighted by Gasteiger charge is -2.14. The van der Waals surface area contributed by atoms with Crippen LogP contribution in [0, 0.1) is 5.92 Å². The van der Waals surface area contributed by atoms with E-state index in [0.29, 0.717) is 25.0 Å². The Labute approximate surface area is 118 Å². The molecule has 1 unspecified atom stereocenters. The minimum atomic E-state index is -4.13. The number of likely N-dealkylation sites (tertiary alicyclic amines) is 1. The number of halogens is 3. The maximum atomic E-state index is 12.1. The Morgan fingerprint density at radius 3 is 2.60 bits per heavy atom. The number of alkyl halides is 3. The standard InChI is InChI=1S/C13H25F3N4/c1-3-17-12(18-7-6-13(14,15)16)19-9-11-5-8-20(4-2)10-11/h11H,3-10H2,1-2H3,(H2,17,18,19). The molecule has 0 aromatic rings. The van der Waals surface area contributed by atoms with Crippen molar-refractivity contribution < 1.29 is 13.2 Å². The van der Waals surface area contributed by atoms with Crippen molar-refractivity contribution in [3.63, 3.8) is 0 Å². The monoisotopic (exact) mass is 294 g/mol. The summed E-state index contributed by atoms with van der Waals surface area (Å²) >= 11 is 0. The van der Waals surface area contributed by atoms with Gasteiger partial charge in [0.05, 0.1) is 6.42 Å². The summed E-state index contributed by atoms with van der Waals surface area (Å²) in [5.74, 6) is 0.986. The Kier molecular flexibility index (Phi) is 7.12. The molecule has 1 heterocycles. The highest BCUT2D eigenvalue weighted by Crippen LogP contribution is 2.18. The van der Waals surface area contributed by atoms with Gasteiger partial charge in [-0.3, -0.25) is 4.99 Å². The second-order valence-electron chi connectivity index (χ2n) is 5.06. The molecule has 118 valence electrons. The zero-order valence-electron chi connectivity index (χ0n) is 12.3. The third-order valence-corrected chi connectivity index (χ3v) is 3.37. The second-order valence-corrected chi connectivity index (χ2v) is 5.06. The number of nitrogens with one attached hydrogen (secondary N) is 2. The van der Waals surface area contributed by atoms with Crippen molar-refractivity contribution in [2.24, 2.45) is 10.9 Å². The van der Waals surface area contributed by atoms with E-state index in [9.17, 15) is 13.2 Å². The number of aliphatic imine (C=N–C) groups is 1. The third-order valence-electron chi connectivity index (χ3n) is 3.37. The molecule has 0 amide bonds. The minimum absolute atomic E-state index is 0.138. The Bertz CT molecular complexity index is 304. The largest absolute Gasteiger partial charge is 0.390 e. The van der Waals surface area contributed by atoms with Crippen molar-refractivity contribution in [2.75, 3.05) is 39.3 Å². The molecule has 20 heavy (non-hydrogen) atoms. The molecule has 1 atom stereocenters. The van der Waals surface area contributed by atoms with Crippen LogP contribution < -0.4 is 10.6 Å². The summed E-state index contributed by atoms with van der Waals surface area (Å²) in [5.41, 5.74) is 0. The van der Waals surface area contributed by atoms with Crippen LogP contribution in [0.15, 0.2) is 4.99 Å². The highest BCUT2D eigenvalue weighted by atomic mass is 19.4. The summed E-state index contributed by atoms with van der Waals surface area (Å²) in [7, 11) is 0. The van der Waals surface area contributed by atoms with E-state index in [-0.39, 0.29) is 6.54 Å². The van der Waals surface area contributed by atoms with Gasteiger partial charge < -0.3 is 15.5 Å². The van der Waals surface area contributed by atoms with Crippen LogP contribution in [-0.2, 0) is 0 Å². The third kappa shape index (κ3) is 6.98. The van der Waals surface area contributed by atoms with Crippen molar-refractivity contribution >= 4 is 5.96 Å². The second kappa shape index (κ2) is 8.34. The highest BCUT2D eigenvalue weighted by Gasteiger charge is 2.26. The zero-order valence-corrected chi connectivity index (χ0v) is 12.3. The van der Waals surface area contributed by atoms with Crippen molar-refractivity contribution in [1.29, 1.82) is 0 Å². The molecular weight excluding hydrogens is 269 g/mol. The van der Waals surface area contributed by atoms with Crippen LogP contribution in [-0.4, -0.2) is 56.3 Å². The predicted octanol–water partition coefficient (Wildman–Crippen LogP) is 1.84. The van der Waals surface area contributed by atoms with Crippen molar-refractivity contribution in [3.8, 4) is 0 Å². The molecule has 1 rings (SSSR count). The number of hydrogen-bond acceptors (Lipinski definition) is 2. The lowest BCUT2D eigenvalue weighted by Crippen LogP contribution is -2.39. The van der Waals surface area contributed by atoms with Gasteiger partial charge in [-0.05, 0) is 32.4 Å². The molecule has 2 N–H and O–H groups in total. The number of rotatable bonds is 6. The molecule has 0 radical (unpaired) electrons. The van der Waals surface area contributed by atoms with E-state index in [0.717, 1.165) is 26.1 Å². The van der Waals surface area contributed by atoms with Crippen molar-refractivity contribution in [1.82, 2.24) is 15.5 Å². The van der Waals surface area contributed by atoms with E-state index in [1.807, 2.05) is 6.92 Å². The van der Waals surface area contributed by atoms with Gasteiger partial charge in [0.1, 0.15) is 0 Å². The lowest BCUT2D eigenvalue weighted by atomic mass is 10.1. The maximum Gasteiger partial charge on any atom is 0.390 e. The van der Waals surface area contributed by atoms with Crippen LogP contribution in [0.2, 0.25) is 0 Å². The van der Waals surface area contributed by atoms with Gasteiger partial charge >= 0.3 is 6.18 Å². The molecule has 0 bridgehead atoms. The lowest BCUT2D eigenvalue weighted by molar-refractivity contribution is -0.132. The van der Waals surface area contributed by atoms with Crippen LogP contribution in [0.25, 0.3) is 0 Å². The Morgan fingerprint density at radius 2 is 2.05 bits per heavy atom. The molecule has 1 aliphatic rings. The number of nitrogens with zero attached hydrogens (tertiary/aromatic N) is 2. The molecule has 0 saturated carbocycles. The van der Waals surface area contributed by atoms with Gasteiger partial charge in [0.25, 0.3) is 0 Å². The van der Waals surface area contributed by atoms with Gasteiger partial charge in [-0.1, -0.05) is 6.92 Å². The summed E-state index contributed by atoms with van der Waals surface area (Å²) in [6, 6.07) is 0. The SMILES string of the molecule is CCNC(=NCC1CCN(CC)C1)NCCC(F)(F)F. The summed E-state index contributed by atoms with van der Waals surface area (Å²) in [4.78, 5) is 6.75. The average molecular weight is 294 g/mol. The van der Waals surface area contributed by atoms with Crippen LogP contribution in [0.5, 0.6) is 0 Å². The molecule has 0 aliphatic carbocycles. The van der Waals surface area contributed by atoms with Crippen LogP contribution in [0.4, 0.5) is 13.2 Å². The predicted molar refractivity (Wildman–Crippen MR) is 74.9 cm³/mol. The smallest absolute Gasteiger partial charge is 0.357 e. The number of hydrogen-bond donors (Lipinski definition) is 2. The summed E-state index contributed by atoms with van der Waals surface area (Å²) < 4.78 is 36.3. The van der Waals surface area contributed by atoms with Gasteiger partial charge in [0.15, 0.2) is 5.96 Å². The first-order valence-corrected chi connectivity index (χ1v) is 7.26. The normalized spacial score (nSPS) is 21.2. The first-order valence-electron chi connectivity index (χ1n) is 7.26. The van der Waals surface area contributed by atoms with Crippen molar-refractivity contribution in [3.05, 3.63) is 0 Å². The minimum Gasteiger partial charge on any atom is -0.357 e. The number of guanidine groups is 1. The molecule has 0 spiro atoms. The molecule has 1 saturated heterocycles. The van der Waals surface area contributed by atoms with E-state index in [2.05, 4.69) is 27.4 Å². The molecule has 4 nitrogen and oxygen atoms in total. The van der Waals surface area contributed by atoms with E-state index < -0.39 is 12.6 Å². The highest BCUT2D eigenvalue weighted by molar-refractivity contribution is 5.79. The van der Waals surface area contributed by atoms with Gasteiger partial charge in [0.2, 0.25) is 0 Å². The van der Waals surface area contributed by atoms with Crippen molar-refractivity contribution in [2.45, 2.75) is 32.9 Å². The molecule has 0 aromatic heterocycles. The van der Waals surface area contributed by atoms with Gasteiger partial charge in [0, 0.05) is 26.2 Å². The topological polar surface area (TPSA) is 39.7 Å². The van der Waals surface area contributed by atoms with E-state index in [4.69, 9.17) is 0 Å². The van der Waals surface area contributed by atoms with E-state index >= 15 is 0 Å². The zero-order chi connectivity index (χ0) is 15.0. The summed E-state index contributed by atoms with van der Waals surface area (Å²) in [5, 5.41) is 5.71. The van der Waals surface area contributed by atoms with E-state index in [1.54, 1.807) is 0 Å². The van der Waals surface area contributed by atoms with Crippen LogP contribution >= 0.6 is 0 Å². The first kappa shape index (κ1) is 17.1.